The lowest BCUT2D eigenvalue weighted by Crippen LogP contribution is -2.73. The molecule has 1 fully saturated rings. The molecule has 0 saturated carbocycles. The van der Waals surface area contributed by atoms with Gasteiger partial charge in [-0.25, -0.2) is 4.79 Å². The van der Waals surface area contributed by atoms with Crippen molar-refractivity contribution in [3.05, 3.63) is 23.8 Å². The molecule has 1 saturated heterocycles. The molecule has 5 N–H and O–H groups in total. The zero-order valence-corrected chi connectivity index (χ0v) is 12.8. The monoisotopic (exact) mass is 364 g/mol. The van der Waals surface area contributed by atoms with Crippen molar-refractivity contribution in [1.29, 1.82) is 0 Å². The average Bonchev–Trinajstić information content (AvgIpc) is 2.48. The number of aliphatic hydroxyl groups is 1. The van der Waals surface area contributed by atoms with Gasteiger partial charge in [0, 0.05) is 0 Å². The summed E-state index contributed by atoms with van der Waals surface area (Å²) in [5.74, 6) is -4.94. The van der Waals surface area contributed by atoms with Crippen LogP contribution in [-0.4, -0.2) is 45.8 Å². The molecule has 1 aromatic rings. The smallest absolute Gasteiger partial charge is 0.437 e. The summed E-state index contributed by atoms with van der Waals surface area (Å²) >= 11 is 0. The molecule has 1 aliphatic heterocycles. The summed E-state index contributed by atoms with van der Waals surface area (Å²) in [6.07, 6.45) is -5.39. The summed E-state index contributed by atoms with van der Waals surface area (Å²) in [5.41, 5.74) is -4.04. The van der Waals surface area contributed by atoms with Crippen LogP contribution in [0.2, 0.25) is 0 Å². The van der Waals surface area contributed by atoms with Crippen molar-refractivity contribution < 1.29 is 42.8 Å². The molecular formula is C14H15F3N2O6. The Labute approximate surface area is 139 Å². The molecule has 0 unspecified atom stereocenters. The number of halogens is 3. The van der Waals surface area contributed by atoms with Gasteiger partial charge in [0.1, 0.15) is 5.92 Å². The molecule has 138 valence electrons. The third-order valence-corrected chi connectivity index (χ3v) is 3.71. The van der Waals surface area contributed by atoms with Crippen LogP contribution in [0.5, 0.6) is 11.5 Å². The molecule has 2 rings (SSSR count). The van der Waals surface area contributed by atoms with Crippen molar-refractivity contribution >= 4 is 12.0 Å². The van der Waals surface area contributed by atoms with Gasteiger partial charge in [0.2, 0.25) is 0 Å². The summed E-state index contributed by atoms with van der Waals surface area (Å²) in [5, 5.41) is 32.3. The molecule has 8 nitrogen and oxygen atoms in total. The number of carbonyl (C=O) groups is 2. The number of phenols is 2. The molecule has 0 radical (unpaired) electrons. The van der Waals surface area contributed by atoms with E-state index in [2.05, 4.69) is 10.1 Å². The summed E-state index contributed by atoms with van der Waals surface area (Å²) < 4.78 is 44.8. The maximum atomic E-state index is 13.4. The lowest BCUT2D eigenvalue weighted by Gasteiger charge is -2.44. The van der Waals surface area contributed by atoms with E-state index in [-0.39, 0.29) is 12.2 Å². The first-order valence-corrected chi connectivity index (χ1v) is 7.07. The van der Waals surface area contributed by atoms with Crippen molar-refractivity contribution in [1.82, 2.24) is 10.6 Å². The molecule has 1 heterocycles. The van der Waals surface area contributed by atoms with Crippen LogP contribution >= 0.6 is 0 Å². The predicted octanol–water partition coefficient (Wildman–Crippen LogP) is 0.882. The highest BCUT2D eigenvalue weighted by Gasteiger charge is 2.67. The third kappa shape index (κ3) is 3.27. The fraction of sp³-hybridized carbons (Fsp3) is 0.429. The molecule has 2 amide bonds. The predicted molar refractivity (Wildman–Crippen MR) is 75.3 cm³/mol. The number of benzene rings is 1. The van der Waals surface area contributed by atoms with Gasteiger partial charge in [-0.2, -0.15) is 13.2 Å². The quantitative estimate of drug-likeness (QED) is 0.400. The van der Waals surface area contributed by atoms with Gasteiger partial charge in [0.25, 0.3) is 5.72 Å². The zero-order chi connectivity index (χ0) is 19.0. The number of esters is 1. The third-order valence-electron chi connectivity index (χ3n) is 3.71. The fourth-order valence-corrected chi connectivity index (χ4v) is 2.55. The van der Waals surface area contributed by atoms with E-state index in [1.54, 1.807) is 0 Å². The van der Waals surface area contributed by atoms with Crippen molar-refractivity contribution in [2.75, 3.05) is 6.61 Å². The maximum Gasteiger partial charge on any atom is 0.437 e. The van der Waals surface area contributed by atoms with E-state index in [4.69, 9.17) is 0 Å². The number of urea groups is 1. The van der Waals surface area contributed by atoms with E-state index in [0.29, 0.717) is 0 Å². The molecule has 3 atom stereocenters. The molecule has 0 aliphatic carbocycles. The summed E-state index contributed by atoms with van der Waals surface area (Å²) in [7, 11) is 0. The van der Waals surface area contributed by atoms with Crippen LogP contribution in [0.25, 0.3) is 0 Å². The maximum absolute atomic E-state index is 13.4. The minimum absolute atomic E-state index is 0.147. The van der Waals surface area contributed by atoms with Crippen molar-refractivity contribution in [3.63, 3.8) is 0 Å². The van der Waals surface area contributed by atoms with Crippen LogP contribution < -0.4 is 10.6 Å². The first kappa shape index (κ1) is 18.6. The van der Waals surface area contributed by atoms with Crippen LogP contribution in [0.1, 0.15) is 18.5 Å². The summed E-state index contributed by atoms with van der Waals surface area (Å²) in [6.45, 7) is 1.10. The molecule has 0 bridgehead atoms. The van der Waals surface area contributed by atoms with E-state index in [1.807, 2.05) is 0 Å². The number of amides is 2. The number of hydrogen-bond acceptors (Lipinski definition) is 6. The second kappa shape index (κ2) is 6.31. The number of hydrogen-bond donors (Lipinski definition) is 5. The van der Waals surface area contributed by atoms with Crippen LogP contribution in [-0.2, 0) is 9.53 Å². The number of alkyl halides is 3. The SMILES string of the molecule is CCOC(=O)[C@@H]1[C@H](c2ccc(O)c(O)c2)NC(=O)N[C@]1(O)C(F)(F)F. The first-order valence-electron chi connectivity index (χ1n) is 7.07. The number of ether oxygens (including phenoxy) is 1. The number of nitrogens with one attached hydrogen (secondary N) is 2. The van der Waals surface area contributed by atoms with Gasteiger partial charge in [-0.3, -0.25) is 4.79 Å². The van der Waals surface area contributed by atoms with Crippen molar-refractivity contribution in [3.8, 4) is 11.5 Å². The standard InChI is InChI=1S/C14H15F3N2O6/c1-2-25-11(22)9-10(6-3-4-7(20)8(21)5-6)18-12(23)19-13(9,24)14(15,16)17/h3-5,9-10,20-21,24H,2H2,1H3,(H2,18,19,23)/t9-,10-,13+/m0/s1. The lowest BCUT2D eigenvalue weighted by atomic mass is 9.82. The second-order valence-corrected chi connectivity index (χ2v) is 5.32. The Hall–Kier alpha value is -2.69. The zero-order valence-electron chi connectivity index (χ0n) is 12.8. The van der Waals surface area contributed by atoms with Gasteiger partial charge >= 0.3 is 18.2 Å². The van der Waals surface area contributed by atoms with E-state index in [0.717, 1.165) is 18.2 Å². The molecule has 0 aromatic heterocycles. The Bertz CT molecular complexity index is 696. The average molecular weight is 364 g/mol. The molecular weight excluding hydrogens is 349 g/mol. The van der Waals surface area contributed by atoms with Gasteiger partial charge in [-0.15, -0.1) is 0 Å². The summed E-state index contributed by atoms with van der Waals surface area (Å²) in [6, 6.07) is -0.125. The molecule has 1 aromatic carbocycles. The largest absolute Gasteiger partial charge is 0.504 e. The molecule has 25 heavy (non-hydrogen) atoms. The molecule has 1 aliphatic rings. The van der Waals surface area contributed by atoms with Gasteiger partial charge in [0.05, 0.1) is 12.6 Å². The van der Waals surface area contributed by atoms with Crippen molar-refractivity contribution in [2.45, 2.75) is 24.9 Å². The summed E-state index contributed by atoms with van der Waals surface area (Å²) in [4.78, 5) is 23.8. The lowest BCUT2D eigenvalue weighted by molar-refractivity contribution is -0.294. The van der Waals surface area contributed by atoms with Gasteiger partial charge < -0.3 is 30.7 Å². The Balaban J connectivity index is 2.59. The Morgan fingerprint density at radius 1 is 1.32 bits per heavy atom. The van der Waals surface area contributed by atoms with E-state index >= 15 is 0 Å². The van der Waals surface area contributed by atoms with Crippen molar-refractivity contribution in [2.24, 2.45) is 5.92 Å². The fourth-order valence-electron chi connectivity index (χ4n) is 2.55. The van der Waals surface area contributed by atoms with Crippen LogP contribution in [0.4, 0.5) is 18.0 Å². The first-order chi connectivity index (χ1) is 11.5. The van der Waals surface area contributed by atoms with E-state index in [1.165, 1.54) is 12.2 Å². The normalized spacial score (nSPS) is 26.5. The number of rotatable bonds is 3. The number of carbonyl (C=O) groups excluding carboxylic acids is 2. The van der Waals surface area contributed by atoms with E-state index < -0.39 is 47.4 Å². The Morgan fingerprint density at radius 3 is 2.48 bits per heavy atom. The highest BCUT2D eigenvalue weighted by Crippen LogP contribution is 2.44. The van der Waals surface area contributed by atoms with Crippen LogP contribution in [0.15, 0.2) is 18.2 Å². The Morgan fingerprint density at radius 2 is 1.96 bits per heavy atom. The number of aromatic hydroxyl groups is 2. The second-order valence-electron chi connectivity index (χ2n) is 5.32. The van der Waals surface area contributed by atoms with Gasteiger partial charge in [-0.1, -0.05) is 6.07 Å². The van der Waals surface area contributed by atoms with Crippen LogP contribution in [0.3, 0.4) is 0 Å². The Kier molecular flexibility index (Phi) is 4.71. The van der Waals surface area contributed by atoms with E-state index in [9.17, 15) is 38.1 Å². The minimum atomic E-state index is -5.39. The van der Waals surface area contributed by atoms with Gasteiger partial charge in [-0.05, 0) is 24.6 Å². The van der Waals surface area contributed by atoms with Crippen LogP contribution in [0, 0.1) is 5.92 Å². The number of phenolic OH excluding ortho intramolecular Hbond substituents is 2. The molecule has 11 heteroatoms. The van der Waals surface area contributed by atoms with Gasteiger partial charge in [0.15, 0.2) is 11.5 Å². The highest BCUT2D eigenvalue weighted by atomic mass is 19.4. The molecule has 0 spiro atoms. The highest BCUT2D eigenvalue weighted by molar-refractivity contribution is 5.83. The topological polar surface area (TPSA) is 128 Å². The minimum Gasteiger partial charge on any atom is -0.504 e.